The smallest absolute Gasteiger partial charge is 0.257 e. The van der Waals surface area contributed by atoms with Crippen molar-refractivity contribution >= 4 is 40.8 Å². The van der Waals surface area contributed by atoms with Crippen molar-refractivity contribution in [1.82, 2.24) is 16.1 Å². The third-order valence-electron chi connectivity index (χ3n) is 4.01. The van der Waals surface area contributed by atoms with Crippen LogP contribution in [0.4, 0.5) is 5.69 Å². The number of anilines is 1. The number of halogens is 2. The molecule has 0 spiro atoms. The van der Waals surface area contributed by atoms with Crippen molar-refractivity contribution in [3.05, 3.63) is 63.6 Å². The molecule has 0 saturated carbocycles. The summed E-state index contributed by atoms with van der Waals surface area (Å²) in [6.45, 7) is 3.39. The van der Waals surface area contributed by atoms with E-state index in [-0.39, 0.29) is 12.1 Å². The highest BCUT2D eigenvalue weighted by molar-refractivity contribution is 6.31. The normalized spacial score (nSPS) is 15.7. The zero-order valence-electron chi connectivity index (χ0n) is 15.3. The molecule has 0 saturated heterocycles. The number of hydrogen-bond acceptors (Lipinski definition) is 5. The molecule has 4 N–H and O–H groups in total. The number of rotatable bonds is 6. The largest absolute Gasteiger partial charge is 0.380 e. The minimum absolute atomic E-state index is 0.288. The van der Waals surface area contributed by atoms with Crippen LogP contribution < -0.4 is 21.5 Å². The van der Waals surface area contributed by atoms with Gasteiger partial charge in [-0.2, -0.15) is 0 Å². The van der Waals surface area contributed by atoms with E-state index in [0.717, 1.165) is 11.3 Å². The highest BCUT2D eigenvalue weighted by Gasteiger charge is 2.23. The monoisotopic (exact) mass is 421 g/mol. The molecule has 0 aromatic heterocycles. The van der Waals surface area contributed by atoms with E-state index in [1.807, 2.05) is 25.1 Å². The molecule has 0 fully saturated rings. The molecule has 1 amide bonds. The first-order chi connectivity index (χ1) is 13.6. The van der Waals surface area contributed by atoms with E-state index in [1.165, 1.54) is 0 Å². The van der Waals surface area contributed by atoms with Gasteiger partial charge >= 0.3 is 0 Å². The van der Waals surface area contributed by atoms with Crippen LogP contribution in [0.5, 0.6) is 0 Å². The Morgan fingerprint density at radius 1 is 1.18 bits per heavy atom. The maximum Gasteiger partial charge on any atom is 0.257 e. The van der Waals surface area contributed by atoms with Crippen LogP contribution in [0.2, 0.25) is 10.0 Å². The van der Waals surface area contributed by atoms with Gasteiger partial charge in [0.1, 0.15) is 6.17 Å². The molecule has 1 unspecified atom stereocenters. The molecule has 1 atom stereocenters. The fourth-order valence-electron chi connectivity index (χ4n) is 2.64. The van der Waals surface area contributed by atoms with Gasteiger partial charge in [0.05, 0.1) is 18.8 Å². The van der Waals surface area contributed by atoms with Crippen molar-refractivity contribution in [2.24, 2.45) is 4.99 Å². The molecule has 28 heavy (non-hydrogen) atoms. The molecule has 0 bridgehead atoms. The Morgan fingerprint density at radius 3 is 2.68 bits per heavy atom. The van der Waals surface area contributed by atoms with Crippen LogP contribution in [0.15, 0.2) is 47.5 Å². The van der Waals surface area contributed by atoms with Gasteiger partial charge in [-0.05, 0) is 43.3 Å². The number of hydrazine groups is 1. The van der Waals surface area contributed by atoms with Gasteiger partial charge in [-0.3, -0.25) is 15.1 Å². The van der Waals surface area contributed by atoms with Crippen molar-refractivity contribution < 1.29 is 9.53 Å². The lowest BCUT2D eigenvalue weighted by Crippen LogP contribution is -2.46. The summed E-state index contributed by atoms with van der Waals surface area (Å²) in [7, 11) is 0. The van der Waals surface area contributed by atoms with E-state index in [1.54, 1.807) is 24.3 Å². The maximum atomic E-state index is 12.6. The first kappa shape index (κ1) is 20.4. The van der Waals surface area contributed by atoms with Gasteiger partial charge in [0.25, 0.3) is 5.91 Å². The lowest BCUT2D eigenvalue weighted by Gasteiger charge is -2.17. The fourth-order valence-corrected chi connectivity index (χ4v) is 2.93. The van der Waals surface area contributed by atoms with Crippen LogP contribution in [0.25, 0.3) is 0 Å². The van der Waals surface area contributed by atoms with Crippen LogP contribution in [0.1, 0.15) is 29.0 Å². The second-order valence-electron chi connectivity index (χ2n) is 5.97. The summed E-state index contributed by atoms with van der Waals surface area (Å²) in [6, 6.07) is 12.2. The predicted molar refractivity (Wildman–Crippen MR) is 112 cm³/mol. The topological polar surface area (TPSA) is 86.8 Å². The van der Waals surface area contributed by atoms with Crippen molar-refractivity contribution in [3.8, 4) is 0 Å². The number of ether oxygens (including phenoxy) is 1. The molecular formula is C19H21Cl2N5O2. The van der Waals surface area contributed by atoms with Gasteiger partial charge in [0.2, 0.25) is 0 Å². The number of nitrogens with one attached hydrogen (secondary N) is 4. The number of nitrogens with zero attached hydrogens (tertiary/aromatic N) is 1. The van der Waals surface area contributed by atoms with E-state index < -0.39 is 0 Å². The average molecular weight is 422 g/mol. The number of fused-ring (bicyclic) bond motifs is 1. The van der Waals surface area contributed by atoms with Crippen LogP contribution in [-0.4, -0.2) is 31.6 Å². The Hall–Kier alpha value is -2.32. The SMILES string of the molecule is CCOCCN=C(NC(=O)c1ccc(Cl)cc1)NC1NNc2cc(Cl)ccc21. The Balaban J connectivity index is 1.72. The Labute approximate surface area is 173 Å². The standard InChI is InChI=1S/C19H21Cl2N5O2/c1-2-28-10-9-22-19(24-18(27)12-3-5-13(20)6-4-12)23-17-15-8-7-14(21)11-16(15)25-26-17/h3-8,11,17,25-26H,2,9-10H2,1H3,(H2,22,23,24,27). The van der Waals surface area contributed by atoms with Gasteiger partial charge in [-0.1, -0.05) is 29.3 Å². The highest BCUT2D eigenvalue weighted by Crippen LogP contribution is 2.29. The second kappa shape index (κ2) is 9.75. The van der Waals surface area contributed by atoms with Crippen molar-refractivity contribution in [2.75, 3.05) is 25.2 Å². The first-order valence-corrected chi connectivity index (χ1v) is 9.59. The van der Waals surface area contributed by atoms with E-state index in [2.05, 4.69) is 26.5 Å². The molecule has 9 heteroatoms. The summed E-state index contributed by atoms with van der Waals surface area (Å²) < 4.78 is 5.32. The number of aliphatic imine (C=N–C) groups is 1. The molecular weight excluding hydrogens is 401 g/mol. The van der Waals surface area contributed by atoms with Crippen LogP contribution in [0, 0.1) is 0 Å². The number of carbonyl (C=O) groups is 1. The summed E-state index contributed by atoms with van der Waals surface area (Å²) in [4.78, 5) is 17.0. The molecule has 2 aromatic rings. The molecule has 0 radical (unpaired) electrons. The van der Waals surface area contributed by atoms with Crippen LogP contribution in [0.3, 0.4) is 0 Å². The van der Waals surface area contributed by atoms with Crippen molar-refractivity contribution in [1.29, 1.82) is 0 Å². The summed E-state index contributed by atoms with van der Waals surface area (Å²) >= 11 is 11.9. The zero-order valence-corrected chi connectivity index (χ0v) is 16.8. The van der Waals surface area contributed by atoms with Crippen molar-refractivity contribution in [2.45, 2.75) is 13.1 Å². The third kappa shape index (κ3) is 5.36. The number of benzene rings is 2. The van der Waals surface area contributed by atoms with Crippen molar-refractivity contribution in [3.63, 3.8) is 0 Å². The molecule has 7 nitrogen and oxygen atoms in total. The number of amides is 1. The van der Waals surface area contributed by atoms with Gasteiger partial charge in [-0.25, -0.2) is 5.43 Å². The molecule has 148 valence electrons. The van der Waals surface area contributed by atoms with Gasteiger partial charge < -0.3 is 15.5 Å². The summed E-state index contributed by atoms with van der Waals surface area (Å²) in [6.07, 6.45) is -0.288. The minimum Gasteiger partial charge on any atom is -0.380 e. The molecule has 1 heterocycles. The van der Waals surface area contributed by atoms with E-state index in [4.69, 9.17) is 27.9 Å². The van der Waals surface area contributed by atoms with Crippen LogP contribution >= 0.6 is 23.2 Å². The average Bonchev–Trinajstić information content (AvgIpc) is 3.07. The summed E-state index contributed by atoms with van der Waals surface area (Å²) in [5.74, 6) is 0.0448. The number of carbonyl (C=O) groups excluding carboxylic acids is 1. The lowest BCUT2D eigenvalue weighted by atomic mass is 10.1. The number of guanidine groups is 1. The molecule has 2 aromatic carbocycles. The molecule has 1 aliphatic rings. The lowest BCUT2D eigenvalue weighted by molar-refractivity contribution is 0.0975. The second-order valence-corrected chi connectivity index (χ2v) is 6.84. The maximum absolute atomic E-state index is 12.6. The van der Waals surface area contributed by atoms with Gasteiger partial charge in [0.15, 0.2) is 5.96 Å². The van der Waals surface area contributed by atoms with E-state index in [0.29, 0.717) is 41.3 Å². The van der Waals surface area contributed by atoms with Gasteiger partial charge in [-0.15, -0.1) is 0 Å². The van der Waals surface area contributed by atoms with E-state index in [9.17, 15) is 4.79 Å². The van der Waals surface area contributed by atoms with Gasteiger partial charge in [0, 0.05) is 27.8 Å². The summed E-state index contributed by atoms with van der Waals surface area (Å²) in [5, 5.41) is 7.21. The number of hydrogen-bond donors (Lipinski definition) is 4. The highest BCUT2D eigenvalue weighted by atomic mass is 35.5. The Morgan fingerprint density at radius 2 is 1.93 bits per heavy atom. The predicted octanol–water partition coefficient (Wildman–Crippen LogP) is 3.33. The molecule has 3 rings (SSSR count). The molecule has 0 aliphatic carbocycles. The Bertz CT molecular complexity index is 858. The fraction of sp³-hybridized carbons (Fsp3) is 0.263. The third-order valence-corrected chi connectivity index (χ3v) is 4.49. The quantitative estimate of drug-likeness (QED) is 0.326. The van der Waals surface area contributed by atoms with Crippen LogP contribution in [-0.2, 0) is 4.74 Å². The summed E-state index contributed by atoms with van der Waals surface area (Å²) in [5.41, 5.74) is 8.47. The molecule has 1 aliphatic heterocycles. The first-order valence-electron chi connectivity index (χ1n) is 8.83. The van der Waals surface area contributed by atoms with E-state index >= 15 is 0 Å². The Kier molecular flexibility index (Phi) is 7.11. The minimum atomic E-state index is -0.290. The zero-order chi connectivity index (χ0) is 19.9.